The maximum Gasteiger partial charge on any atom is 0.227 e. The molecule has 10 nitrogen and oxygen atoms in total. The summed E-state index contributed by atoms with van der Waals surface area (Å²) >= 11 is 0. The highest BCUT2D eigenvalue weighted by molar-refractivity contribution is 5.79. The number of methoxy groups -OCH3 is 1. The van der Waals surface area contributed by atoms with E-state index in [1.54, 1.807) is 31.5 Å². The Kier molecular flexibility index (Phi) is 7.21. The van der Waals surface area contributed by atoms with E-state index in [0.717, 1.165) is 37.1 Å². The highest BCUT2D eigenvalue weighted by atomic mass is 16.5. The smallest absolute Gasteiger partial charge is 0.227 e. The fraction of sp³-hybridized carbons (Fsp3) is 0.444. The number of benzene rings is 1. The molecule has 3 N–H and O–H groups in total. The molecular weight excluding hydrogens is 468 g/mol. The molecule has 2 saturated carbocycles. The Morgan fingerprint density at radius 3 is 2.70 bits per heavy atom. The van der Waals surface area contributed by atoms with Crippen LogP contribution in [-0.4, -0.2) is 52.3 Å². The number of hydrogen-bond donors (Lipinski definition) is 3. The van der Waals surface area contributed by atoms with Gasteiger partial charge in [-0.05, 0) is 62.8 Å². The van der Waals surface area contributed by atoms with Gasteiger partial charge >= 0.3 is 0 Å². The number of anilines is 3. The van der Waals surface area contributed by atoms with Gasteiger partial charge in [0.1, 0.15) is 11.6 Å². The van der Waals surface area contributed by atoms with Gasteiger partial charge in [0, 0.05) is 48.6 Å². The van der Waals surface area contributed by atoms with Crippen LogP contribution in [0.5, 0.6) is 5.75 Å². The van der Waals surface area contributed by atoms with Gasteiger partial charge in [0.2, 0.25) is 11.9 Å². The molecule has 0 spiro atoms. The molecule has 5 rings (SSSR count). The van der Waals surface area contributed by atoms with Crippen molar-refractivity contribution < 1.29 is 9.53 Å². The molecule has 192 valence electrons. The lowest BCUT2D eigenvalue weighted by molar-refractivity contribution is -0.121. The summed E-state index contributed by atoms with van der Waals surface area (Å²) in [5, 5.41) is 23.0. The summed E-state index contributed by atoms with van der Waals surface area (Å²) in [4.78, 5) is 24.0. The van der Waals surface area contributed by atoms with Crippen molar-refractivity contribution in [2.24, 2.45) is 0 Å². The summed E-state index contributed by atoms with van der Waals surface area (Å²) in [6, 6.07) is 11.6. The van der Waals surface area contributed by atoms with Crippen molar-refractivity contribution in [2.45, 2.75) is 62.9 Å². The van der Waals surface area contributed by atoms with Gasteiger partial charge in [-0.2, -0.15) is 15.3 Å². The summed E-state index contributed by atoms with van der Waals surface area (Å²) in [6.07, 6.45) is 8.01. The van der Waals surface area contributed by atoms with Crippen LogP contribution in [0.2, 0.25) is 0 Å². The molecule has 0 saturated heterocycles. The summed E-state index contributed by atoms with van der Waals surface area (Å²) in [5.41, 5.74) is 2.41. The summed E-state index contributed by atoms with van der Waals surface area (Å²) in [6.45, 7) is 0. The molecule has 2 heterocycles. The normalized spacial score (nSPS) is 19.1. The van der Waals surface area contributed by atoms with Gasteiger partial charge < -0.3 is 20.3 Å². The standard InChI is InChI=1S/C27H32N8O2/c1-35(27-29-12-11-24(32-27)31-25-15-22(33-34-25)18-4-5-18)21-8-6-20(7-9-21)30-26(36)14-19-13-17(16-28)3-10-23(19)37-2/h3,10-13,15,18,20-21H,4-9,14H2,1-2H3,(H,30,36)(H2,29,31,32,33,34)/t20-,21-. The van der Waals surface area contributed by atoms with Crippen molar-refractivity contribution in [1.82, 2.24) is 25.5 Å². The second-order valence-electron chi connectivity index (χ2n) is 9.85. The zero-order valence-corrected chi connectivity index (χ0v) is 21.2. The number of H-pyrrole nitrogens is 1. The SMILES string of the molecule is COc1ccc(C#N)cc1CC(=O)N[C@H]1CC[C@H](N(C)c2nccc(Nc3cc(C4CC4)[nH]n3)n2)CC1. The summed E-state index contributed by atoms with van der Waals surface area (Å²) < 4.78 is 5.36. The van der Waals surface area contributed by atoms with Crippen LogP contribution in [0.4, 0.5) is 17.6 Å². The largest absolute Gasteiger partial charge is 0.496 e. The molecule has 1 amide bonds. The third-order valence-electron chi connectivity index (χ3n) is 7.20. The number of carbonyl (C=O) groups is 1. The third kappa shape index (κ3) is 6.00. The lowest BCUT2D eigenvalue weighted by Crippen LogP contribution is -2.43. The fourth-order valence-electron chi connectivity index (χ4n) is 4.93. The topological polar surface area (TPSA) is 132 Å². The van der Waals surface area contributed by atoms with Crippen LogP contribution in [0.25, 0.3) is 0 Å². The lowest BCUT2D eigenvalue weighted by Gasteiger charge is -2.35. The van der Waals surface area contributed by atoms with E-state index in [2.05, 4.69) is 42.9 Å². The molecular formula is C27H32N8O2. The van der Waals surface area contributed by atoms with E-state index in [4.69, 9.17) is 15.0 Å². The van der Waals surface area contributed by atoms with Crippen molar-refractivity contribution in [1.29, 1.82) is 5.26 Å². The van der Waals surface area contributed by atoms with E-state index in [-0.39, 0.29) is 18.4 Å². The Bertz CT molecular complexity index is 1290. The average Bonchev–Trinajstić information content (AvgIpc) is 3.67. The van der Waals surface area contributed by atoms with Crippen molar-refractivity contribution in [3.63, 3.8) is 0 Å². The Hall–Kier alpha value is -4.13. The second kappa shape index (κ2) is 10.9. The van der Waals surface area contributed by atoms with E-state index >= 15 is 0 Å². The molecule has 0 aliphatic heterocycles. The van der Waals surface area contributed by atoms with E-state index in [1.165, 1.54) is 18.5 Å². The Morgan fingerprint density at radius 1 is 1.16 bits per heavy atom. The number of nitrogens with zero attached hydrogens (tertiary/aromatic N) is 5. The number of amides is 1. The first-order valence-corrected chi connectivity index (χ1v) is 12.8. The number of hydrogen-bond acceptors (Lipinski definition) is 8. The zero-order chi connectivity index (χ0) is 25.8. The van der Waals surface area contributed by atoms with Crippen LogP contribution < -0.4 is 20.3 Å². The third-order valence-corrected chi connectivity index (χ3v) is 7.20. The first-order valence-electron chi connectivity index (χ1n) is 12.8. The number of nitrogens with one attached hydrogen (secondary N) is 3. The molecule has 10 heteroatoms. The van der Waals surface area contributed by atoms with Crippen molar-refractivity contribution in [3.8, 4) is 11.8 Å². The Morgan fingerprint density at radius 2 is 1.97 bits per heavy atom. The van der Waals surface area contributed by atoms with Crippen molar-refractivity contribution in [3.05, 3.63) is 53.3 Å². The van der Waals surface area contributed by atoms with Gasteiger partial charge in [-0.25, -0.2) is 4.98 Å². The highest BCUT2D eigenvalue weighted by Crippen LogP contribution is 2.39. The van der Waals surface area contributed by atoms with Gasteiger partial charge in [-0.3, -0.25) is 9.89 Å². The van der Waals surface area contributed by atoms with Gasteiger partial charge in [-0.15, -0.1) is 0 Å². The number of aromatic nitrogens is 4. The minimum Gasteiger partial charge on any atom is -0.496 e. The van der Waals surface area contributed by atoms with Gasteiger partial charge in [0.25, 0.3) is 0 Å². The molecule has 0 bridgehead atoms. The molecule has 2 aliphatic rings. The van der Waals surface area contributed by atoms with Crippen molar-refractivity contribution in [2.75, 3.05) is 24.4 Å². The van der Waals surface area contributed by atoms with E-state index < -0.39 is 0 Å². The van der Waals surface area contributed by atoms with Gasteiger partial charge in [-0.1, -0.05) is 0 Å². The Balaban J connectivity index is 1.13. The first-order chi connectivity index (χ1) is 18.0. The number of carbonyl (C=O) groups excluding carboxylic acids is 1. The number of ether oxygens (including phenoxy) is 1. The molecule has 2 fully saturated rings. The van der Waals surface area contributed by atoms with E-state index in [0.29, 0.717) is 35.0 Å². The quantitative estimate of drug-likeness (QED) is 0.404. The average molecular weight is 501 g/mol. The second-order valence-corrected chi connectivity index (χ2v) is 9.85. The molecule has 0 radical (unpaired) electrons. The van der Waals surface area contributed by atoms with Crippen LogP contribution in [0, 0.1) is 11.3 Å². The summed E-state index contributed by atoms with van der Waals surface area (Å²) in [7, 11) is 3.59. The van der Waals surface area contributed by atoms with Crippen molar-refractivity contribution >= 4 is 23.5 Å². The Labute approximate surface area is 216 Å². The van der Waals surface area contributed by atoms with Crippen LogP contribution in [0.1, 0.15) is 61.3 Å². The first kappa shape index (κ1) is 24.6. The van der Waals surface area contributed by atoms with Gasteiger partial charge in [0.05, 0.1) is 25.2 Å². The molecule has 0 atom stereocenters. The maximum absolute atomic E-state index is 12.7. The van der Waals surface area contributed by atoms with Crippen LogP contribution in [0.15, 0.2) is 36.5 Å². The number of nitriles is 1. The van der Waals surface area contributed by atoms with Gasteiger partial charge in [0.15, 0.2) is 5.82 Å². The predicted octanol–water partition coefficient (Wildman–Crippen LogP) is 3.81. The van der Waals surface area contributed by atoms with E-state index in [1.807, 2.05) is 13.1 Å². The monoisotopic (exact) mass is 500 g/mol. The van der Waals surface area contributed by atoms with Crippen LogP contribution in [-0.2, 0) is 11.2 Å². The molecule has 2 aromatic heterocycles. The predicted molar refractivity (Wildman–Crippen MR) is 140 cm³/mol. The zero-order valence-electron chi connectivity index (χ0n) is 21.2. The highest BCUT2D eigenvalue weighted by Gasteiger charge is 2.27. The summed E-state index contributed by atoms with van der Waals surface area (Å²) in [5.74, 6) is 3.32. The number of aromatic amines is 1. The molecule has 3 aromatic rings. The minimum absolute atomic E-state index is 0.0597. The van der Waals surface area contributed by atoms with E-state index in [9.17, 15) is 4.79 Å². The molecule has 1 aromatic carbocycles. The number of rotatable bonds is 9. The minimum atomic E-state index is -0.0597. The van der Waals surface area contributed by atoms with Crippen LogP contribution in [0.3, 0.4) is 0 Å². The molecule has 0 unspecified atom stereocenters. The molecule has 37 heavy (non-hydrogen) atoms. The fourth-order valence-corrected chi connectivity index (χ4v) is 4.93. The maximum atomic E-state index is 12.7. The van der Waals surface area contributed by atoms with Crippen LogP contribution >= 0.6 is 0 Å². The molecule has 2 aliphatic carbocycles. The lowest BCUT2D eigenvalue weighted by atomic mass is 9.90.